The molecule has 0 aliphatic heterocycles. The van der Waals surface area contributed by atoms with E-state index < -0.39 is 0 Å². The third kappa shape index (κ3) is 5.46. The Morgan fingerprint density at radius 1 is 1.08 bits per heavy atom. The molecule has 3 rings (SSSR count). The average molecular weight is 355 g/mol. The van der Waals surface area contributed by atoms with E-state index in [1.54, 1.807) is 36.6 Å². The number of furan rings is 1. The Kier molecular flexibility index (Phi) is 6.44. The molecule has 1 aliphatic carbocycles. The first-order valence-electron chi connectivity index (χ1n) is 9.14. The number of anilines is 1. The summed E-state index contributed by atoms with van der Waals surface area (Å²) in [5.74, 6) is 0.532. The molecule has 138 valence electrons. The normalized spacial score (nSPS) is 14.8. The Morgan fingerprint density at radius 2 is 1.92 bits per heavy atom. The van der Waals surface area contributed by atoms with Gasteiger partial charge >= 0.3 is 0 Å². The fourth-order valence-corrected chi connectivity index (χ4v) is 3.17. The highest BCUT2D eigenvalue weighted by atomic mass is 16.3. The lowest BCUT2D eigenvalue weighted by atomic mass is 9.95. The highest BCUT2D eigenvalue weighted by molar-refractivity contribution is 5.97. The van der Waals surface area contributed by atoms with Crippen molar-refractivity contribution < 1.29 is 14.0 Å². The van der Waals surface area contributed by atoms with Crippen molar-refractivity contribution in [2.24, 2.45) is 0 Å². The number of carbonyl (C=O) groups is 2. The van der Waals surface area contributed by atoms with Crippen molar-refractivity contribution in [2.45, 2.75) is 44.7 Å². The number of benzene rings is 1. The summed E-state index contributed by atoms with van der Waals surface area (Å²) in [6, 6.07) is 11.0. The minimum atomic E-state index is -0.165. The summed E-state index contributed by atoms with van der Waals surface area (Å²) in [6.07, 6.45) is 7.29. The highest BCUT2D eigenvalue weighted by Gasteiger charge is 2.17. The molecule has 6 nitrogen and oxygen atoms in total. The van der Waals surface area contributed by atoms with E-state index in [-0.39, 0.29) is 24.4 Å². The van der Waals surface area contributed by atoms with Gasteiger partial charge in [-0.15, -0.1) is 0 Å². The summed E-state index contributed by atoms with van der Waals surface area (Å²) < 4.78 is 5.20. The molecule has 2 amide bonds. The second-order valence-corrected chi connectivity index (χ2v) is 6.62. The van der Waals surface area contributed by atoms with Crippen LogP contribution in [0.25, 0.3) is 0 Å². The number of nitrogens with one attached hydrogen (secondary N) is 3. The maximum Gasteiger partial charge on any atom is 0.251 e. The van der Waals surface area contributed by atoms with Crippen LogP contribution >= 0.6 is 0 Å². The van der Waals surface area contributed by atoms with E-state index in [0.29, 0.717) is 17.8 Å². The third-order valence-electron chi connectivity index (χ3n) is 4.51. The van der Waals surface area contributed by atoms with Gasteiger partial charge in [-0.05, 0) is 43.2 Å². The topological polar surface area (TPSA) is 83.4 Å². The van der Waals surface area contributed by atoms with Crippen molar-refractivity contribution >= 4 is 17.5 Å². The summed E-state index contributed by atoms with van der Waals surface area (Å²) in [5.41, 5.74) is 1.18. The van der Waals surface area contributed by atoms with Crippen LogP contribution < -0.4 is 16.0 Å². The van der Waals surface area contributed by atoms with Crippen LogP contribution in [0.1, 0.15) is 48.2 Å². The largest absolute Gasteiger partial charge is 0.468 e. The molecule has 1 heterocycles. The van der Waals surface area contributed by atoms with E-state index in [0.717, 1.165) is 18.6 Å². The Hall–Kier alpha value is -2.60. The predicted octanol–water partition coefficient (Wildman–Crippen LogP) is 3.07. The van der Waals surface area contributed by atoms with Crippen LogP contribution in [-0.2, 0) is 11.3 Å². The van der Waals surface area contributed by atoms with Crippen LogP contribution in [0.5, 0.6) is 0 Å². The van der Waals surface area contributed by atoms with Crippen molar-refractivity contribution in [3.63, 3.8) is 0 Å². The van der Waals surface area contributed by atoms with Crippen molar-refractivity contribution in [3.8, 4) is 0 Å². The Labute approximate surface area is 153 Å². The average Bonchev–Trinajstić information content (AvgIpc) is 3.16. The molecule has 1 aromatic carbocycles. The first-order chi connectivity index (χ1) is 12.7. The van der Waals surface area contributed by atoms with Gasteiger partial charge in [-0.2, -0.15) is 0 Å². The maximum absolute atomic E-state index is 12.4. The lowest BCUT2D eigenvalue weighted by molar-refractivity contribution is -0.115. The predicted molar refractivity (Wildman–Crippen MR) is 99.8 cm³/mol. The second-order valence-electron chi connectivity index (χ2n) is 6.62. The summed E-state index contributed by atoms with van der Waals surface area (Å²) >= 11 is 0. The molecule has 0 spiro atoms. The van der Waals surface area contributed by atoms with Gasteiger partial charge in [-0.25, -0.2) is 0 Å². The lowest BCUT2D eigenvalue weighted by Gasteiger charge is -2.22. The minimum Gasteiger partial charge on any atom is -0.468 e. The lowest BCUT2D eigenvalue weighted by Crippen LogP contribution is -2.36. The van der Waals surface area contributed by atoms with Crippen molar-refractivity contribution in [2.75, 3.05) is 11.9 Å². The smallest absolute Gasteiger partial charge is 0.251 e. The zero-order valence-corrected chi connectivity index (χ0v) is 14.8. The van der Waals surface area contributed by atoms with Gasteiger partial charge in [-0.3, -0.25) is 9.59 Å². The van der Waals surface area contributed by atoms with E-state index in [4.69, 9.17) is 4.42 Å². The molecule has 0 atom stereocenters. The quantitative estimate of drug-likeness (QED) is 0.713. The van der Waals surface area contributed by atoms with Crippen LogP contribution in [0, 0.1) is 0 Å². The van der Waals surface area contributed by atoms with Crippen LogP contribution in [0.2, 0.25) is 0 Å². The molecule has 2 aromatic rings. The zero-order chi connectivity index (χ0) is 18.2. The molecule has 0 unspecified atom stereocenters. The number of rotatable bonds is 7. The van der Waals surface area contributed by atoms with Gasteiger partial charge in [0, 0.05) is 17.3 Å². The number of carbonyl (C=O) groups excluding carboxylic acids is 2. The van der Waals surface area contributed by atoms with Gasteiger partial charge < -0.3 is 20.4 Å². The molecule has 0 radical (unpaired) electrons. The van der Waals surface area contributed by atoms with Gasteiger partial charge in [0.25, 0.3) is 5.91 Å². The first kappa shape index (κ1) is 18.2. The molecule has 6 heteroatoms. The second kappa shape index (κ2) is 9.20. The number of hydrogen-bond acceptors (Lipinski definition) is 4. The monoisotopic (exact) mass is 355 g/mol. The molecule has 1 aliphatic rings. The summed E-state index contributed by atoms with van der Waals surface area (Å²) in [5, 5.41) is 8.91. The molecule has 1 aromatic heterocycles. The molecule has 0 bridgehead atoms. The Balaban J connectivity index is 1.48. The Bertz CT molecular complexity index is 722. The summed E-state index contributed by atoms with van der Waals surface area (Å²) in [4.78, 5) is 24.4. The number of amides is 2. The van der Waals surface area contributed by atoms with E-state index >= 15 is 0 Å². The number of hydrogen-bond donors (Lipinski definition) is 3. The van der Waals surface area contributed by atoms with Crippen molar-refractivity contribution in [1.82, 2.24) is 10.6 Å². The molecule has 26 heavy (non-hydrogen) atoms. The Morgan fingerprint density at radius 3 is 2.69 bits per heavy atom. The van der Waals surface area contributed by atoms with Crippen LogP contribution in [-0.4, -0.2) is 24.4 Å². The van der Waals surface area contributed by atoms with Crippen molar-refractivity contribution in [1.29, 1.82) is 0 Å². The molecule has 1 fully saturated rings. The van der Waals surface area contributed by atoms with Crippen LogP contribution in [0.4, 0.5) is 5.69 Å². The first-order valence-corrected chi connectivity index (χ1v) is 9.14. The molecule has 3 N–H and O–H groups in total. The summed E-state index contributed by atoms with van der Waals surface area (Å²) in [7, 11) is 0. The minimum absolute atomic E-state index is 0.0797. The van der Waals surface area contributed by atoms with E-state index in [1.807, 2.05) is 6.07 Å². The zero-order valence-electron chi connectivity index (χ0n) is 14.8. The van der Waals surface area contributed by atoms with E-state index in [2.05, 4.69) is 16.0 Å². The van der Waals surface area contributed by atoms with E-state index in [1.165, 1.54) is 19.3 Å². The van der Waals surface area contributed by atoms with Crippen LogP contribution in [0.15, 0.2) is 47.1 Å². The fraction of sp³-hybridized carbons (Fsp3) is 0.400. The fourth-order valence-electron chi connectivity index (χ4n) is 3.17. The molecular formula is C20H25N3O3. The summed E-state index contributed by atoms with van der Waals surface area (Å²) in [6.45, 7) is 0.656. The molecule has 0 saturated heterocycles. The maximum atomic E-state index is 12.4. The third-order valence-corrected chi connectivity index (χ3v) is 4.51. The van der Waals surface area contributed by atoms with Crippen LogP contribution in [0.3, 0.4) is 0 Å². The highest BCUT2D eigenvalue weighted by Crippen LogP contribution is 2.18. The molecule has 1 saturated carbocycles. The van der Waals surface area contributed by atoms with Gasteiger partial charge in [0.1, 0.15) is 5.76 Å². The van der Waals surface area contributed by atoms with Gasteiger partial charge in [-0.1, -0.05) is 25.3 Å². The molecular weight excluding hydrogens is 330 g/mol. The van der Waals surface area contributed by atoms with E-state index in [9.17, 15) is 9.59 Å². The SMILES string of the molecule is O=C(CNCc1ccco1)Nc1cccc(C(=O)NC2CCCCC2)c1. The van der Waals surface area contributed by atoms with Gasteiger partial charge in [0.15, 0.2) is 0 Å². The van der Waals surface area contributed by atoms with Gasteiger partial charge in [0.2, 0.25) is 5.91 Å². The van der Waals surface area contributed by atoms with Crippen molar-refractivity contribution in [3.05, 3.63) is 54.0 Å². The standard InChI is InChI=1S/C20H25N3O3/c24-19(14-21-13-18-10-5-11-26-18)22-17-9-4-6-15(12-17)20(25)23-16-7-2-1-3-8-16/h4-6,9-12,16,21H,1-3,7-8,13-14H2,(H,22,24)(H,23,25). The van der Waals surface area contributed by atoms with Gasteiger partial charge in [0.05, 0.1) is 19.4 Å².